The summed E-state index contributed by atoms with van der Waals surface area (Å²) in [6.07, 6.45) is 1.69. The summed E-state index contributed by atoms with van der Waals surface area (Å²) in [7, 11) is 3.76. The summed E-state index contributed by atoms with van der Waals surface area (Å²) >= 11 is 1.39. The Hall–Kier alpha value is -3.26. The lowest BCUT2D eigenvalue weighted by Gasteiger charge is -2.15. The standard InChI is InChI=1S/C21H20FN5OS/c1-13-16-11-18(20(28)24-17-5-4-10-23-19(17)26(2)3)29-21(16)27(25-13)12-14-6-8-15(22)9-7-14/h4-11H,12H2,1-3H3,(H,24,28). The number of aromatic nitrogens is 3. The summed E-state index contributed by atoms with van der Waals surface area (Å²) in [6.45, 7) is 2.43. The Morgan fingerprint density at radius 3 is 2.72 bits per heavy atom. The van der Waals surface area contributed by atoms with Crippen LogP contribution < -0.4 is 10.2 Å². The van der Waals surface area contributed by atoms with Crippen LogP contribution in [-0.2, 0) is 6.54 Å². The largest absolute Gasteiger partial charge is 0.361 e. The number of rotatable bonds is 5. The Labute approximate surface area is 171 Å². The second kappa shape index (κ2) is 7.63. The lowest BCUT2D eigenvalue weighted by atomic mass is 10.2. The summed E-state index contributed by atoms with van der Waals surface area (Å²) in [5.41, 5.74) is 2.46. The van der Waals surface area contributed by atoms with Gasteiger partial charge < -0.3 is 10.2 Å². The minimum Gasteiger partial charge on any atom is -0.361 e. The predicted molar refractivity (Wildman–Crippen MR) is 114 cm³/mol. The van der Waals surface area contributed by atoms with Crippen LogP contribution in [0.5, 0.6) is 0 Å². The number of anilines is 2. The van der Waals surface area contributed by atoms with E-state index in [4.69, 9.17) is 0 Å². The molecule has 0 saturated heterocycles. The maximum absolute atomic E-state index is 13.2. The van der Waals surface area contributed by atoms with E-state index in [2.05, 4.69) is 15.4 Å². The molecule has 1 aromatic carbocycles. The smallest absolute Gasteiger partial charge is 0.265 e. The average Bonchev–Trinajstić information content (AvgIpc) is 3.25. The van der Waals surface area contributed by atoms with Crippen molar-refractivity contribution in [1.82, 2.24) is 14.8 Å². The van der Waals surface area contributed by atoms with Crippen molar-refractivity contribution in [2.24, 2.45) is 0 Å². The molecule has 0 unspecified atom stereocenters. The molecule has 6 nitrogen and oxygen atoms in total. The molecule has 0 radical (unpaired) electrons. The molecular weight excluding hydrogens is 389 g/mol. The predicted octanol–water partition coefficient (Wildman–Crippen LogP) is 4.31. The summed E-state index contributed by atoms with van der Waals surface area (Å²) in [6, 6.07) is 11.8. The summed E-state index contributed by atoms with van der Waals surface area (Å²) in [5, 5.41) is 8.47. The van der Waals surface area contributed by atoms with Crippen LogP contribution in [0, 0.1) is 12.7 Å². The molecule has 29 heavy (non-hydrogen) atoms. The topological polar surface area (TPSA) is 63.1 Å². The molecule has 0 aliphatic carbocycles. The van der Waals surface area contributed by atoms with Crippen LogP contribution in [0.3, 0.4) is 0 Å². The molecule has 4 rings (SSSR count). The molecule has 0 aliphatic heterocycles. The van der Waals surface area contributed by atoms with Crippen LogP contribution in [0.15, 0.2) is 48.7 Å². The van der Waals surface area contributed by atoms with Gasteiger partial charge in [-0.3, -0.25) is 9.48 Å². The van der Waals surface area contributed by atoms with Gasteiger partial charge in [-0.1, -0.05) is 12.1 Å². The number of benzene rings is 1. The zero-order valence-corrected chi connectivity index (χ0v) is 17.1. The van der Waals surface area contributed by atoms with Crippen LogP contribution in [0.2, 0.25) is 0 Å². The molecule has 1 N–H and O–H groups in total. The number of aryl methyl sites for hydroxylation is 1. The first-order chi connectivity index (χ1) is 13.9. The van der Waals surface area contributed by atoms with Crippen molar-refractivity contribution >= 4 is 39.0 Å². The van der Waals surface area contributed by atoms with E-state index in [1.165, 1.54) is 23.5 Å². The van der Waals surface area contributed by atoms with E-state index in [-0.39, 0.29) is 11.7 Å². The van der Waals surface area contributed by atoms with E-state index in [9.17, 15) is 9.18 Å². The Kier molecular flexibility index (Phi) is 5.02. The molecule has 3 aromatic heterocycles. The fourth-order valence-electron chi connectivity index (χ4n) is 3.13. The van der Waals surface area contributed by atoms with Gasteiger partial charge in [0, 0.05) is 25.7 Å². The van der Waals surface area contributed by atoms with Gasteiger partial charge in [0.1, 0.15) is 10.6 Å². The van der Waals surface area contributed by atoms with Gasteiger partial charge in [-0.15, -0.1) is 11.3 Å². The molecular formula is C21H20FN5OS. The van der Waals surface area contributed by atoms with E-state index >= 15 is 0 Å². The van der Waals surface area contributed by atoms with Gasteiger partial charge in [0.25, 0.3) is 5.91 Å². The second-order valence-electron chi connectivity index (χ2n) is 6.92. The molecule has 4 aromatic rings. The van der Waals surface area contributed by atoms with Crippen LogP contribution in [-0.4, -0.2) is 34.8 Å². The van der Waals surface area contributed by atoms with E-state index in [0.717, 1.165) is 21.5 Å². The maximum atomic E-state index is 13.2. The third-order valence-electron chi connectivity index (χ3n) is 4.54. The summed E-state index contributed by atoms with van der Waals surface area (Å²) in [5.74, 6) is 0.244. The van der Waals surface area contributed by atoms with Crippen LogP contribution >= 0.6 is 11.3 Å². The third-order valence-corrected chi connectivity index (χ3v) is 5.68. The quantitative estimate of drug-likeness (QED) is 0.534. The third kappa shape index (κ3) is 3.84. The van der Waals surface area contributed by atoms with Crippen LogP contribution in [0.4, 0.5) is 15.9 Å². The van der Waals surface area contributed by atoms with Crippen molar-refractivity contribution in [2.45, 2.75) is 13.5 Å². The second-order valence-corrected chi connectivity index (χ2v) is 7.95. The Morgan fingerprint density at radius 1 is 1.24 bits per heavy atom. The molecule has 0 bridgehead atoms. The lowest BCUT2D eigenvalue weighted by molar-refractivity contribution is 0.103. The monoisotopic (exact) mass is 409 g/mol. The molecule has 0 aliphatic rings. The first kappa shape index (κ1) is 19.1. The van der Waals surface area contributed by atoms with Gasteiger partial charge in [0.05, 0.1) is 22.8 Å². The number of hydrogen-bond acceptors (Lipinski definition) is 5. The number of carbonyl (C=O) groups is 1. The van der Waals surface area contributed by atoms with Gasteiger partial charge in [0.15, 0.2) is 5.82 Å². The van der Waals surface area contributed by atoms with Crippen molar-refractivity contribution in [3.8, 4) is 0 Å². The van der Waals surface area contributed by atoms with Gasteiger partial charge in [-0.25, -0.2) is 9.37 Å². The zero-order valence-electron chi connectivity index (χ0n) is 16.3. The number of amides is 1. The minimum atomic E-state index is -0.266. The number of nitrogens with zero attached hydrogens (tertiary/aromatic N) is 4. The SMILES string of the molecule is Cc1nn(Cc2ccc(F)cc2)c2sc(C(=O)Nc3cccnc3N(C)C)cc12. The zero-order chi connectivity index (χ0) is 20.5. The van der Waals surface area contributed by atoms with Gasteiger partial charge in [0.2, 0.25) is 0 Å². The molecule has 0 saturated carbocycles. The van der Waals surface area contributed by atoms with Crippen molar-refractivity contribution in [2.75, 3.05) is 24.3 Å². The number of thiophene rings is 1. The van der Waals surface area contributed by atoms with Gasteiger partial charge >= 0.3 is 0 Å². The number of pyridine rings is 1. The number of carbonyl (C=O) groups excluding carboxylic acids is 1. The molecule has 0 atom stereocenters. The van der Waals surface area contributed by atoms with E-state index < -0.39 is 0 Å². The van der Waals surface area contributed by atoms with Gasteiger partial charge in [-0.05, 0) is 42.8 Å². The lowest BCUT2D eigenvalue weighted by Crippen LogP contribution is -2.17. The summed E-state index contributed by atoms with van der Waals surface area (Å²) in [4.78, 5) is 20.5. The maximum Gasteiger partial charge on any atom is 0.265 e. The molecule has 0 fully saturated rings. The Balaban J connectivity index is 1.62. The number of nitrogens with one attached hydrogen (secondary N) is 1. The van der Waals surface area contributed by atoms with Crippen LogP contribution in [0.25, 0.3) is 10.2 Å². The highest BCUT2D eigenvalue weighted by Gasteiger charge is 2.18. The molecule has 8 heteroatoms. The Morgan fingerprint density at radius 2 is 2.00 bits per heavy atom. The Bertz CT molecular complexity index is 1180. The highest BCUT2D eigenvalue weighted by Crippen LogP contribution is 2.30. The normalized spacial score (nSPS) is 11.0. The first-order valence-corrected chi connectivity index (χ1v) is 9.89. The van der Waals surface area contributed by atoms with Crippen molar-refractivity contribution < 1.29 is 9.18 Å². The van der Waals surface area contributed by atoms with Crippen molar-refractivity contribution in [3.63, 3.8) is 0 Å². The first-order valence-electron chi connectivity index (χ1n) is 9.07. The number of hydrogen-bond donors (Lipinski definition) is 1. The molecule has 1 amide bonds. The number of fused-ring (bicyclic) bond motifs is 1. The fourth-order valence-corrected chi connectivity index (χ4v) is 4.19. The van der Waals surface area contributed by atoms with Gasteiger partial charge in [-0.2, -0.15) is 5.10 Å². The molecule has 0 spiro atoms. The minimum absolute atomic E-state index is 0.185. The average molecular weight is 409 g/mol. The van der Waals surface area contributed by atoms with E-state index in [1.54, 1.807) is 24.4 Å². The highest BCUT2D eigenvalue weighted by atomic mass is 32.1. The highest BCUT2D eigenvalue weighted by molar-refractivity contribution is 7.20. The van der Waals surface area contributed by atoms with E-state index in [1.807, 2.05) is 42.7 Å². The van der Waals surface area contributed by atoms with Crippen molar-refractivity contribution in [3.05, 3.63) is 70.6 Å². The summed E-state index contributed by atoms with van der Waals surface area (Å²) < 4.78 is 15.0. The van der Waals surface area contributed by atoms with E-state index in [0.29, 0.717) is 22.9 Å². The fraction of sp³-hybridized carbons (Fsp3) is 0.190. The van der Waals surface area contributed by atoms with Crippen LogP contribution in [0.1, 0.15) is 20.9 Å². The molecule has 3 heterocycles. The van der Waals surface area contributed by atoms with Crippen molar-refractivity contribution in [1.29, 1.82) is 0 Å². The molecule has 148 valence electrons. The number of halogens is 1.